The predicted molar refractivity (Wildman–Crippen MR) is 303 cm³/mol. The van der Waals surface area contributed by atoms with Crippen molar-refractivity contribution in [3.8, 4) is 20.9 Å². The second kappa shape index (κ2) is 13.1. The first-order chi connectivity index (χ1) is 33.5. The van der Waals surface area contributed by atoms with Gasteiger partial charge in [-0.3, -0.25) is 0 Å². The molecule has 2 N–H and O–H groups in total. The standard InChI is InChI=1S/C62H32N2S4/c1-7-49-51-29-54-52(30-53(51)63-61(49)47-5-3-33(13-31(1)47)57-27-45-21-39-19-41-23-55-35(9-11-65-55)15-37(41)17-43(39)25-59(45)67-57)50-8-2-32-14-34(4-6-48(32)62(50)64-54)58-28-46-22-40-20-42-24-56-36(10-12-66-56)16-38(42)18-44(40)26-60(46)68-58/h1-30,63-64H. The average Bonchev–Trinajstić information content (AvgIpc) is 4.23. The van der Waals surface area contributed by atoms with Gasteiger partial charge in [-0.25, -0.2) is 0 Å². The van der Waals surface area contributed by atoms with Crippen LogP contribution in [-0.2, 0) is 0 Å². The minimum absolute atomic E-state index is 1.16. The summed E-state index contributed by atoms with van der Waals surface area (Å²) in [5.74, 6) is 0. The number of aromatic amines is 2. The fourth-order valence-electron chi connectivity index (χ4n) is 11.5. The summed E-state index contributed by atoms with van der Waals surface area (Å²) in [6.45, 7) is 0. The number of fused-ring (bicyclic) bond motifs is 18. The van der Waals surface area contributed by atoms with Gasteiger partial charge in [-0.2, -0.15) is 0 Å². The zero-order valence-corrected chi connectivity index (χ0v) is 39.2. The van der Waals surface area contributed by atoms with Crippen LogP contribution >= 0.6 is 45.3 Å². The lowest BCUT2D eigenvalue weighted by Crippen LogP contribution is -1.78. The molecule has 0 amide bonds. The van der Waals surface area contributed by atoms with Crippen molar-refractivity contribution in [3.05, 3.63) is 181 Å². The second-order valence-corrected chi connectivity index (χ2v) is 22.8. The Balaban J connectivity index is 0.716. The van der Waals surface area contributed by atoms with E-state index in [1.165, 1.54) is 158 Å². The molecule has 17 aromatic rings. The highest BCUT2D eigenvalue weighted by atomic mass is 32.1. The first-order valence-corrected chi connectivity index (χ1v) is 26.4. The van der Waals surface area contributed by atoms with E-state index in [1.54, 1.807) is 0 Å². The lowest BCUT2D eigenvalue weighted by Gasteiger charge is -2.04. The lowest BCUT2D eigenvalue weighted by molar-refractivity contribution is 1.56. The van der Waals surface area contributed by atoms with Gasteiger partial charge in [-0.15, -0.1) is 45.3 Å². The Bertz CT molecular complexity index is 4610. The van der Waals surface area contributed by atoms with Crippen molar-refractivity contribution in [3.63, 3.8) is 0 Å². The number of benzene rings is 11. The maximum atomic E-state index is 3.88. The van der Waals surface area contributed by atoms with Crippen LogP contribution in [0.15, 0.2) is 181 Å². The SMILES string of the molecule is c1cc2cc3cc4cc5sc(-c6ccc7c(ccc8c9cc%10[nH]c%11c%12ccc(-c%13cc%14cc%15cc%16cc%17sccc%17cc%16cc%15cc%14s%13)cc%12ccc%11c%10cc9[nH]c78)c6)cc5cc4cc3cc2s1. The number of aromatic nitrogens is 2. The number of nitrogens with one attached hydrogen (secondary N) is 2. The van der Waals surface area contributed by atoms with Gasteiger partial charge >= 0.3 is 0 Å². The van der Waals surface area contributed by atoms with E-state index in [0.717, 1.165) is 11.0 Å². The number of H-pyrrole nitrogens is 2. The van der Waals surface area contributed by atoms with Gasteiger partial charge in [0.2, 0.25) is 0 Å². The molecule has 0 fully saturated rings. The highest BCUT2D eigenvalue weighted by molar-refractivity contribution is 7.22. The Labute approximate surface area is 402 Å². The van der Waals surface area contributed by atoms with Crippen LogP contribution in [0.5, 0.6) is 0 Å². The first-order valence-electron chi connectivity index (χ1n) is 23.0. The lowest BCUT2D eigenvalue weighted by atomic mass is 10.0. The second-order valence-electron chi connectivity index (χ2n) is 18.8. The van der Waals surface area contributed by atoms with Crippen LogP contribution in [0.3, 0.4) is 0 Å². The third-order valence-electron chi connectivity index (χ3n) is 14.9. The van der Waals surface area contributed by atoms with Gasteiger partial charge in [-0.1, -0.05) is 48.5 Å². The molecule has 68 heavy (non-hydrogen) atoms. The molecule has 314 valence electrons. The molecule has 0 atom stereocenters. The summed E-state index contributed by atoms with van der Waals surface area (Å²) in [6.07, 6.45) is 0. The van der Waals surface area contributed by atoms with E-state index < -0.39 is 0 Å². The van der Waals surface area contributed by atoms with E-state index in [1.807, 2.05) is 45.3 Å². The first kappa shape index (κ1) is 36.5. The van der Waals surface area contributed by atoms with Crippen molar-refractivity contribution in [1.82, 2.24) is 9.97 Å². The quantitative estimate of drug-likeness (QED) is 0.162. The Kier molecular flexibility index (Phi) is 7.04. The van der Waals surface area contributed by atoms with Crippen LogP contribution in [0.2, 0.25) is 0 Å². The third kappa shape index (κ3) is 5.20. The molecule has 0 radical (unpaired) electrons. The van der Waals surface area contributed by atoms with E-state index in [9.17, 15) is 0 Å². The maximum Gasteiger partial charge on any atom is 0.0544 e. The van der Waals surface area contributed by atoms with Gasteiger partial charge < -0.3 is 9.97 Å². The van der Waals surface area contributed by atoms with Gasteiger partial charge in [0, 0.05) is 71.9 Å². The molecule has 11 aromatic carbocycles. The number of hydrogen-bond acceptors (Lipinski definition) is 4. The highest BCUT2D eigenvalue weighted by Crippen LogP contribution is 2.43. The molecule has 0 spiro atoms. The molecule has 0 unspecified atom stereocenters. The van der Waals surface area contributed by atoms with Crippen LogP contribution in [0.4, 0.5) is 0 Å². The van der Waals surface area contributed by atoms with Gasteiger partial charge in [0.05, 0.1) is 11.0 Å². The van der Waals surface area contributed by atoms with Crippen molar-refractivity contribution in [2.45, 2.75) is 0 Å². The van der Waals surface area contributed by atoms with Crippen LogP contribution in [0.25, 0.3) is 169 Å². The zero-order chi connectivity index (χ0) is 43.9. The van der Waals surface area contributed by atoms with E-state index in [-0.39, 0.29) is 0 Å². The van der Waals surface area contributed by atoms with Gasteiger partial charge in [-0.05, 0) is 219 Å². The van der Waals surface area contributed by atoms with E-state index >= 15 is 0 Å². The Morgan fingerprint density at radius 2 is 0.632 bits per heavy atom. The van der Waals surface area contributed by atoms with E-state index in [2.05, 4.69) is 191 Å². The van der Waals surface area contributed by atoms with Crippen LogP contribution < -0.4 is 0 Å². The van der Waals surface area contributed by atoms with Crippen molar-refractivity contribution < 1.29 is 0 Å². The fraction of sp³-hybridized carbons (Fsp3) is 0. The summed E-state index contributed by atoms with van der Waals surface area (Å²) >= 11 is 7.40. The van der Waals surface area contributed by atoms with E-state index in [0.29, 0.717) is 0 Å². The normalized spacial score (nSPS) is 12.7. The number of rotatable bonds is 2. The summed E-state index contributed by atoms with van der Waals surface area (Å²) in [4.78, 5) is 10.4. The van der Waals surface area contributed by atoms with Crippen LogP contribution in [0.1, 0.15) is 0 Å². The average molecular weight is 933 g/mol. The zero-order valence-electron chi connectivity index (χ0n) is 36.0. The van der Waals surface area contributed by atoms with Crippen molar-refractivity contribution in [2.75, 3.05) is 0 Å². The molecular weight excluding hydrogens is 901 g/mol. The molecule has 6 heterocycles. The van der Waals surface area contributed by atoms with Crippen LogP contribution in [0, 0.1) is 0 Å². The minimum Gasteiger partial charge on any atom is -0.354 e. The summed E-state index contributed by atoms with van der Waals surface area (Å²) in [7, 11) is 0. The highest BCUT2D eigenvalue weighted by Gasteiger charge is 2.16. The molecule has 0 saturated heterocycles. The molecule has 0 aliphatic rings. The number of hydrogen-bond donors (Lipinski definition) is 2. The largest absolute Gasteiger partial charge is 0.354 e. The minimum atomic E-state index is 1.16. The van der Waals surface area contributed by atoms with Gasteiger partial charge in [0.25, 0.3) is 0 Å². The molecule has 17 rings (SSSR count). The summed E-state index contributed by atoms with van der Waals surface area (Å²) in [5, 5.41) is 30.0. The smallest absolute Gasteiger partial charge is 0.0544 e. The molecule has 6 aromatic heterocycles. The van der Waals surface area contributed by atoms with Crippen molar-refractivity contribution in [2.24, 2.45) is 0 Å². The monoisotopic (exact) mass is 932 g/mol. The topological polar surface area (TPSA) is 31.6 Å². The number of thiophene rings is 4. The van der Waals surface area contributed by atoms with Gasteiger partial charge in [0.15, 0.2) is 0 Å². The van der Waals surface area contributed by atoms with E-state index in [4.69, 9.17) is 0 Å². The predicted octanol–water partition coefficient (Wildman–Crippen LogP) is 20.1. The molecule has 6 heteroatoms. The molecule has 2 nitrogen and oxygen atoms in total. The fourth-order valence-corrected chi connectivity index (χ4v) is 15.3. The molecule has 0 aliphatic carbocycles. The van der Waals surface area contributed by atoms with Crippen LogP contribution in [-0.4, -0.2) is 9.97 Å². The maximum absolute atomic E-state index is 3.88. The summed E-state index contributed by atoms with van der Waals surface area (Å²) < 4.78 is 5.34. The Morgan fingerprint density at radius 3 is 1.09 bits per heavy atom. The Hall–Kier alpha value is -7.58. The van der Waals surface area contributed by atoms with Crippen molar-refractivity contribution >= 4 is 194 Å². The molecular formula is C62H32N2S4. The molecule has 0 bridgehead atoms. The summed E-state index contributed by atoms with van der Waals surface area (Å²) in [6, 6.07) is 65.4. The third-order valence-corrected chi connectivity index (χ3v) is 18.9. The van der Waals surface area contributed by atoms with Gasteiger partial charge in [0.1, 0.15) is 0 Å². The molecule has 0 aliphatic heterocycles. The Morgan fingerprint density at radius 1 is 0.250 bits per heavy atom. The molecule has 0 saturated carbocycles. The van der Waals surface area contributed by atoms with Crippen molar-refractivity contribution in [1.29, 1.82) is 0 Å². The summed E-state index contributed by atoms with van der Waals surface area (Å²) in [5.41, 5.74) is 7.22.